The monoisotopic (exact) mass is 209 g/mol. The van der Waals surface area contributed by atoms with Crippen LogP contribution in [0.5, 0.6) is 0 Å². The normalized spacial score (nSPS) is 13.2. The first-order valence-electron chi connectivity index (χ1n) is 4.25. The van der Waals surface area contributed by atoms with Crippen LogP contribution in [0.25, 0.3) is 0 Å². The summed E-state index contributed by atoms with van der Waals surface area (Å²) in [5.74, 6) is 0.179. The smallest absolute Gasteiger partial charge is 0.147 e. The molecule has 80 valence electrons. The summed E-state index contributed by atoms with van der Waals surface area (Å²) < 4.78 is 26.6. The minimum absolute atomic E-state index is 0.179. The molecule has 0 aliphatic rings. The molecular formula is C8H19NO3S. The highest BCUT2D eigenvalue weighted by Crippen LogP contribution is 1.98. The van der Waals surface area contributed by atoms with E-state index in [0.717, 1.165) is 0 Å². The van der Waals surface area contributed by atoms with Crippen LogP contribution in [-0.4, -0.2) is 39.2 Å². The third kappa shape index (κ3) is 11.9. The van der Waals surface area contributed by atoms with Crippen LogP contribution in [0.15, 0.2) is 0 Å². The van der Waals surface area contributed by atoms with Gasteiger partial charge in [0.2, 0.25) is 0 Å². The summed E-state index contributed by atoms with van der Waals surface area (Å²) in [4.78, 5) is 0. The number of nitrogens with two attached hydrogens (primary N) is 1. The average molecular weight is 209 g/mol. The first kappa shape index (κ1) is 12.9. The van der Waals surface area contributed by atoms with Crippen molar-refractivity contribution in [1.29, 1.82) is 0 Å². The summed E-state index contributed by atoms with van der Waals surface area (Å²) in [7, 11) is -2.85. The molecule has 13 heavy (non-hydrogen) atoms. The highest BCUT2D eigenvalue weighted by Gasteiger charge is 2.10. The van der Waals surface area contributed by atoms with Crippen molar-refractivity contribution >= 4 is 9.84 Å². The maximum atomic E-state index is 10.7. The molecule has 4 nitrogen and oxygen atoms in total. The lowest BCUT2D eigenvalue weighted by Crippen LogP contribution is -2.37. The van der Waals surface area contributed by atoms with Gasteiger partial charge in [-0.3, -0.25) is 0 Å². The maximum Gasteiger partial charge on any atom is 0.147 e. The Morgan fingerprint density at radius 2 is 1.92 bits per heavy atom. The topological polar surface area (TPSA) is 69.4 Å². The SMILES string of the molecule is CC(C)(N)COCCCS(C)(=O)=O. The summed E-state index contributed by atoms with van der Waals surface area (Å²) in [5.41, 5.74) is 5.32. The van der Waals surface area contributed by atoms with E-state index in [1.54, 1.807) is 0 Å². The summed E-state index contributed by atoms with van der Waals surface area (Å²) in [6.07, 6.45) is 1.76. The van der Waals surface area contributed by atoms with Crippen molar-refractivity contribution in [3.63, 3.8) is 0 Å². The molecule has 2 N–H and O–H groups in total. The lowest BCUT2D eigenvalue weighted by molar-refractivity contribution is 0.0981. The van der Waals surface area contributed by atoms with Crippen molar-refractivity contribution in [3.8, 4) is 0 Å². The minimum atomic E-state index is -2.85. The van der Waals surface area contributed by atoms with E-state index >= 15 is 0 Å². The Labute approximate surface area is 80.4 Å². The molecule has 0 rings (SSSR count). The van der Waals surface area contributed by atoms with Gasteiger partial charge in [-0.2, -0.15) is 0 Å². The maximum absolute atomic E-state index is 10.7. The van der Waals surface area contributed by atoms with Gasteiger partial charge in [0.05, 0.1) is 12.4 Å². The molecule has 0 aromatic rings. The fraction of sp³-hybridized carbons (Fsp3) is 1.00. The second kappa shape index (κ2) is 4.93. The first-order valence-corrected chi connectivity index (χ1v) is 6.31. The Morgan fingerprint density at radius 3 is 2.31 bits per heavy atom. The second-order valence-electron chi connectivity index (χ2n) is 4.02. The number of ether oxygens (including phenoxy) is 1. The fourth-order valence-corrected chi connectivity index (χ4v) is 1.40. The molecule has 0 aromatic heterocycles. The number of rotatable bonds is 6. The lowest BCUT2D eigenvalue weighted by Gasteiger charge is -2.17. The Balaban J connectivity index is 3.39. The van der Waals surface area contributed by atoms with Crippen LogP contribution in [0.3, 0.4) is 0 Å². The predicted octanol–water partition coefficient (Wildman–Crippen LogP) is 0.175. The molecule has 0 spiro atoms. The van der Waals surface area contributed by atoms with Crippen molar-refractivity contribution in [3.05, 3.63) is 0 Å². The average Bonchev–Trinajstić information content (AvgIpc) is 1.81. The molecule has 0 atom stereocenters. The number of sulfone groups is 1. The Morgan fingerprint density at radius 1 is 1.38 bits per heavy atom. The van der Waals surface area contributed by atoms with Gasteiger partial charge in [0.1, 0.15) is 9.84 Å². The molecule has 0 bridgehead atoms. The number of hydrogen-bond acceptors (Lipinski definition) is 4. The molecule has 0 saturated carbocycles. The van der Waals surface area contributed by atoms with Crippen molar-refractivity contribution < 1.29 is 13.2 Å². The van der Waals surface area contributed by atoms with Crippen molar-refractivity contribution in [2.75, 3.05) is 25.2 Å². The quantitative estimate of drug-likeness (QED) is 0.633. The summed E-state index contributed by atoms with van der Waals surface area (Å²) in [5, 5.41) is 0. The number of hydrogen-bond donors (Lipinski definition) is 1. The molecule has 0 saturated heterocycles. The summed E-state index contributed by atoms with van der Waals surface area (Å²) in [6.45, 7) is 4.64. The predicted molar refractivity (Wildman–Crippen MR) is 53.4 cm³/mol. The summed E-state index contributed by atoms with van der Waals surface area (Å²) >= 11 is 0. The van der Waals surface area contributed by atoms with E-state index in [0.29, 0.717) is 19.6 Å². The first-order chi connectivity index (χ1) is 5.71. The van der Waals surface area contributed by atoms with E-state index < -0.39 is 9.84 Å². The van der Waals surface area contributed by atoms with E-state index in [2.05, 4.69) is 0 Å². The Bertz CT molecular complexity index is 228. The minimum Gasteiger partial charge on any atom is -0.380 e. The van der Waals surface area contributed by atoms with Crippen LogP contribution in [0.1, 0.15) is 20.3 Å². The standard InChI is InChI=1S/C8H19NO3S/c1-8(2,9)7-12-5-4-6-13(3,10)11/h4-7,9H2,1-3H3. The van der Waals surface area contributed by atoms with Gasteiger partial charge < -0.3 is 10.5 Å². The second-order valence-corrected chi connectivity index (χ2v) is 6.28. The molecule has 0 heterocycles. The van der Waals surface area contributed by atoms with Crippen LogP contribution in [0.4, 0.5) is 0 Å². The molecule has 0 radical (unpaired) electrons. The van der Waals surface area contributed by atoms with E-state index in [9.17, 15) is 8.42 Å². The third-order valence-electron chi connectivity index (χ3n) is 1.28. The van der Waals surface area contributed by atoms with E-state index in [1.807, 2.05) is 13.8 Å². The van der Waals surface area contributed by atoms with Gasteiger partial charge in [0.25, 0.3) is 0 Å². The zero-order valence-corrected chi connectivity index (χ0v) is 9.36. The van der Waals surface area contributed by atoms with Crippen molar-refractivity contribution in [2.24, 2.45) is 5.73 Å². The van der Waals surface area contributed by atoms with E-state index in [4.69, 9.17) is 10.5 Å². The van der Waals surface area contributed by atoms with Crippen LogP contribution in [-0.2, 0) is 14.6 Å². The van der Waals surface area contributed by atoms with Gasteiger partial charge in [-0.15, -0.1) is 0 Å². The zero-order valence-electron chi connectivity index (χ0n) is 8.54. The molecule has 5 heteroatoms. The van der Waals surface area contributed by atoms with Crippen LogP contribution in [0, 0.1) is 0 Å². The van der Waals surface area contributed by atoms with Gasteiger partial charge in [-0.25, -0.2) is 8.42 Å². The van der Waals surface area contributed by atoms with Crippen LogP contribution >= 0.6 is 0 Å². The molecule has 0 aliphatic carbocycles. The van der Waals surface area contributed by atoms with Crippen LogP contribution < -0.4 is 5.73 Å². The van der Waals surface area contributed by atoms with Gasteiger partial charge in [-0.05, 0) is 20.3 Å². The van der Waals surface area contributed by atoms with Crippen molar-refractivity contribution in [1.82, 2.24) is 0 Å². The highest BCUT2D eigenvalue weighted by molar-refractivity contribution is 7.90. The fourth-order valence-electron chi connectivity index (χ4n) is 0.758. The molecule has 0 aromatic carbocycles. The summed E-state index contributed by atoms with van der Waals surface area (Å²) in [6, 6.07) is 0. The molecular weight excluding hydrogens is 190 g/mol. The zero-order chi connectivity index (χ0) is 10.5. The van der Waals surface area contributed by atoms with Crippen LogP contribution in [0.2, 0.25) is 0 Å². The molecule has 0 fully saturated rings. The van der Waals surface area contributed by atoms with Gasteiger partial charge in [0, 0.05) is 18.4 Å². The molecule has 0 unspecified atom stereocenters. The van der Waals surface area contributed by atoms with E-state index in [1.165, 1.54) is 6.26 Å². The highest BCUT2D eigenvalue weighted by atomic mass is 32.2. The lowest BCUT2D eigenvalue weighted by atomic mass is 10.1. The van der Waals surface area contributed by atoms with Gasteiger partial charge >= 0.3 is 0 Å². The third-order valence-corrected chi connectivity index (χ3v) is 2.31. The van der Waals surface area contributed by atoms with Crippen molar-refractivity contribution in [2.45, 2.75) is 25.8 Å². The largest absolute Gasteiger partial charge is 0.380 e. The van der Waals surface area contributed by atoms with Gasteiger partial charge in [0.15, 0.2) is 0 Å². The van der Waals surface area contributed by atoms with Gasteiger partial charge in [-0.1, -0.05) is 0 Å². The Kier molecular flexibility index (Phi) is 4.88. The molecule has 0 aliphatic heterocycles. The van der Waals surface area contributed by atoms with E-state index in [-0.39, 0.29) is 11.3 Å². The molecule has 0 amide bonds. The Hall–Kier alpha value is -0.130.